The molecule has 0 saturated heterocycles. The van der Waals surface area contributed by atoms with Crippen molar-refractivity contribution in [3.63, 3.8) is 0 Å². The minimum absolute atomic E-state index is 0.0385. The summed E-state index contributed by atoms with van der Waals surface area (Å²) in [6.45, 7) is 12.0. The Bertz CT molecular complexity index is 795. The van der Waals surface area contributed by atoms with Crippen molar-refractivity contribution in [3.8, 4) is 0 Å². The minimum Gasteiger partial charge on any atom is -0.469 e. The molecule has 0 saturated carbocycles. The van der Waals surface area contributed by atoms with E-state index < -0.39 is 43.7 Å². The van der Waals surface area contributed by atoms with Gasteiger partial charge in [0.15, 0.2) is 0 Å². The fraction of sp³-hybridized carbons (Fsp3) is 0.560. The van der Waals surface area contributed by atoms with Crippen LogP contribution in [0.25, 0.3) is 6.08 Å². The molecule has 0 aliphatic heterocycles. The highest BCUT2D eigenvalue weighted by atomic mass is 28.3. The van der Waals surface area contributed by atoms with Crippen molar-refractivity contribution in [1.29, 1.82) is 0 Å². The van der Waals surface area contributed by atoms with Gasteiger partial charge in [-0.15, -0.1) is 0 Å². The number of esters is 2. The summed E-state index contributed by atoms with van der Waals surface area (Å²) in [5.74, 6) is -1.68. The van der Waals surface area contributed by atoms with Gasteiger partial charge in [0.05, 0.1) is 19.6 Å². The zero-order valence-electron chi connectivity index (χ0n) is 21.0. The van der Waals surface area contributed by atoms with Crippen molar-refractivity contribution in [2.45, 2.75) is 70.9 Å². The zero-order chi connectivity index (χ0) is 25.1. The molecule has 33 heavy (non-hydrogen) atoms. The number of carbonyl (C=O) groups excluding carboxylic acids is 3. The van der Waals surface area contributed by atoms with Crippen molar-refractivity contribution in [2.24, 2.45) is 5.92 Å². The van der Waals surface area contributed by atoms with Crippen molar-refractivity contribution >= 4 is 32.2 Å². The van der Waals surface area contributed by atoms with Gasteiger partial charge in [-0.2, -0.15) is 0 Å². The number of amides is 1. The van der Waals surface area contributed by atoms with E-state index in [9.17, 15) is 14.4 Å². The van der Waals surface area contributed by atoms with Gasteiger partial charge in [0.25, 0.3) is 0 Å². The van der Waals surface area contributed by atoms with Crippen molar-refractivity contribution < 1.29 is 28.6 Å². The van der Waals surface area contributed by atoms with Gasteiger partial charge < -0.3 is 19.5 Å². The summed E-state index contributed by atoms with van der Waals surface area (Å²) in [5.41, 5.74) is 0.270. The smallest absolute Gasteiger partial charge is 0.408 e. The largest absolute Gasteiger partial charge is 0.469 e. The molecule has 0 unspecified atom stereocenters. The van der Waals surface area contributed by atoms with E-state index >= 15 is 0 Å². The molecule has 8 heteroatoms. The first-order valence-corrected chi connectivity index (χ1v) is 15.0. The van der Waals surface area contributed by atoms with E-state index in [1.807, 2.05) is 42.5 Å². The molecule has 2 atom stereocenters. The monoisotopic (exact) mass is 477 g/mol. The van der Waals surface area contributed by atoms with Gasteiger partial charge >= 0.3 is 18.0 Å². The maximum absolute atomic E-state index is 12.8. The Morgan fingerprint density at radius 2 is 1.70 bits per heavy atom. The van der Waals surface area contributed by atoms with Gasteiger partial charge in [-0.05, 0) is 45.2 Å². The number of benzene rings is 1. The number of hydrogen-bond donors (Lipinski definition) is 1. The maximum atomic E-state index is 12.8. The van der Waals surface area contributed by atoms with Crippen LogP contribution in [0.5, 0.6) is 0 Å². The predicted octanol–water partition coefficient (Wildman–Crippen LogP) is 5.04. The molecule has 7 nitrogen and oxygen atoms in total. The molecule has 0 spiro atoms. The van der Waals surface area contributed by atoms with Crippen LogP contribution in [-0.2, 0) is 23.8 Å². The molecule has 1 N–H and O–H groups in total. The first-order chi connectivity index (χ1) is 15.3. The summed E-state index contributed by atoms with van der Waals surface area (Å²) >= 11 is 0. The molecule has 1 aromatic carbocycles. The Labute approximate surface area is 198 Å². The lowest BCUT2D eigenvalue weighted by Gasteiger charge is -2.25. The topological polar surface area (TPSA) is 90.9 Å². The quantitative estimate of drug-likeness (QED) is 0.273. The van der Waals surface area contributed by atoms with E-state index in [0.717, 1.165) is 11.6 Å². The molecular formula is C25H39NO6Si. The number of ether oxygens (including phenoxy) is 3. The lowest BCUT2D eigenvalue weighted by molar-refractivity contribution is -0.149. The average molecular weight is 478 g/mol. The Morgan fingerprint density at radius 3 is 2.24 bits per heavy atom. The Kier molecular flexibility index (Phi) is 11.4. The van der Waals surface area contributed by atoms with Gasteiger partial charge in [-0.25, -0.2) is 9.59 Å². The lowest BCUT2D eigenvalue weighted by atomic mass is 9.95. The third kappa shape index (κ3) is 12.9. The molecule has 1 aromatic rings. The van der Waals surface area contributed by atoms with Gasteiger partial charge in [0, 0.05) is 8.07 Å². The van der Waals surface area contributed by atoms with Gasteiger partial charge in [-0.3, -0.25) is 4.79 Å². The Morgan fingerprint density at radius 1 is 1.06 bits per heavy atom. The van der Waals surface area contributed by atoms with Crippen molar-refractivity contribution in [2.75, 3.05) is 13.7 Å². The van der Waals surface area contributed by atoms with Crippen LogP contribution in [0.1, 0.15) is 39.2 Å². The number of allylic oxidation sites excluding steroid dienone is 1. The highest BCUT2D eigenvalue weighted by Gasteiger charge is 2.31. The summed E-state index contributed by atoms with van der Waals surface area (Å²) in [5, 5.41) is 2.58. The third-order valence-corrected chi connectivity index (χ3v) is 6.36. The van der Waals surface area contributed by atoms with E-state index in [-0.39, 0.29) is 13.0 Å². The second kappa shape index (κ2) is 13.2. The molecule has 0 aromatic heterocycles. The third-order valence-electron chi connectivity index (χ3n) is 4.66. The van der Waals surface area contributed by atoms with Crippen LogP contribution in [0.4, 0.5) is 4.79 Å². The predicted molar refractivity (Wildman–Crippen MR) is 132 cm³/mol. The first-order valence-electron chi connectivity index (χ1n) is 11.3. The zero-order valence-corrected chi connectivity index (χ0v) is 22.0. The Balaban J connectivity index is 2.95. The number of hydrogen-bond acceptors (Lipinski definition) is 6. The van der Waals surface area contributed by atoms with Crippen LogP contribution in [-0.4, -0.2) is 51.5 Å². The molecule has 0 heterocycles. The van der Waals surface area contributed by atoms with E-state index in [0.29, 0.717) is 6.42 Å². The second-order valence-corrected chi connectivity index (χ2v) is 15.8. The van der Waals surface area contributed by atoms with Gasteiger partial charge in [0.2, 0.25) is 0 Å². The summed E-state index contributed by atoms with van der Waals surface area (Å²) < 4.78 is 15.7. The minimum atomic E-state index is -1.40. The molecule has 0 aliphatic carbocycles. The van der Waals surface area contributed by atoms with Crippen molar-refractivity contribution in [1.82, 2.24) is 5.32 Å². The maximum Gasteiger partial charge on any atom is 0.408 e. The normalized spacial score (nSPS) is 13.8. The summed E-state index contributed by atoms with van der Waals surface area (Å²) in [6, 6.07) is 9.45. The number of methoxy groups -OCH3 is 1. The summed E-state index contributed by atoms with van der Waals surface area (Å²) in [6.07, 6.45) is 3.40. The number of rotatable bonds is 11. The molecule has 0 aliphatic rings. The van der Waals surface area contributed by atoms with Crippen LogP contribution >= 0.6 is 0 Å². The number of nitrogens with one attached hydrogen (secondary N) is 1. The Hall–Kier alpha value is -2.61. The first kappa shape index (κ1) is 28.4. The van der Waals surface area contributed by atoms with E-state index in [2.05, 4.69) is 25.0 Å². The molecular weight excluding hydrogens is 438 g/mol. The number of carbonyl (C=O) groups is 3. The van der Waals surface area contributed by atoms with Crippen LogP contribution in [0, 0.1) is 5.92 Å². The van der Waals surface area contributed by atoms with E-state index in [4.69, 9.17) is 14.2 Å². The second-order valence-electron chi connectivity index (χ2n) is 10.2. The molecule has 0 radical (unpaired) electrons. The lowest BCUT2D eigenvalue weighted by Crippen LogP contribution is -2.46. The summed E-state index contributed by atoms with van der Waals surface area (Å²) in [4.78, 5) is 37.6. The highest BCUT2D eigenvalue weighted by molar-refractivity contribution is 6.76. The fourth-order valence-electron chi connectivity index (χ4n) is 2.89. The molecule has 184 valence electrons. The highest BCUT2D eigenvalue weighted by Crippen LogP contribution is 2.18. The fourth-order valence-corrected chi connectivity index (χ4v) is 3.61. The van der Waals surface area contributed by atoms with E-state index in [1.54, 1.807) is 20.8 Å². The molecule has 1 amide bonds. The van der Waals surface area contributed by atoms with Gasteiger partial charge in [-0.1, -0.05) is 62.1 Å². The SMILES string of the molecule is COC(=O)[C@@H](C/C=C/c1ccccc1)C[C@H](NC(=O)OC(C)(C)C)C(=O)OCC[Si](C)(C)C. The van der Waals surface area contributed by atoms with Crippen LogP contribution in [0.2, 0.25) is 25.7 Å². The van der Waals surface area contributed by atoms with Crippen LogP contribution < -0.4 is 5.32 Å². The molecule has 0 bridgehead atoms. The molecule has 0 fully saturated rings. The summed E-state index contributed by atoms with van der Waals surface area (Å²) in [7, 11) is -0.0963. The molecule has 1 rings (SSSR count). The van der Waals surface area contributed by atoms with Gasteiger partial charge in [0.1, 0.15) is 11.6 Å². The number of alkyl carbamates (subject to hydrolysis) is 1. The van der Waals surface area contributed by atoms with E-state index in [1.165, 1.54) is 7.11 Å². The standard InChI is InChI=1S/C25H39NO6Si/c1-25(2,3)32-24(29)26-21(23(28)31-16-17-33(5,6)7)18-20(22(27)30-4)15-11-14-19-12-9-8-10-13-19/h8-14,20-21H,15-18H2,1-7H3,(H,26,29)/b14-11+/t20-,21-/m0/s1. The average Bonchev–Trinajstić information content (AvgIpc) is 2.70. The van der Waals surface area contributed by atoms with Crippen LogP contribution in [0.3, 0.4) is 0 Å². The van der Waals surface area contributed by atoms with Crippen LogP contribution in [0.15, 0.2) is 36.4 Å². The van der Waals surface area contributed by atoms with Crippen molar-refractivity contribution in [3.05, 3.63) is 42.0 Å².